The molecule has 0 aliphatic carbocycles. The number of hydrogen-bond donors (Lipinski definition) is 1. The van der Waals surface area contributed by atoms with Crippen LogP contribution in [0.3, 0.4) is 0 Å². The predicted octanol–water partition coefficient (Wildman–Crippen LogP) is 8.52. The quantitative estimate of drug-likeness (QED) is 0.104. The maximum atomic E-state index is 12.6. The molecule has 0 amide bonds. The Bertz CT molecular complexity index is 1040. The maximum absolute atomic E-state index is 12.6. The number of hydrogen-bond acceptors (Lipinski definition) is 3. The van der Waals surface area contributed by atoms with E-state index < -0.39 is 6.37 Å². The Morgan fingerprint density at radius 1 is 1.08 bits per heavy atom. The summed E-state index contributed by atoms with van der Waals surface area (Å²) in [6, 6.07) is 6.44. The second-order valence-corrected chi connectivity index (χ2v) is 10.2. The van der Waals surface area contributed by atoms with Crippen LogP contribution >= 0.6 is 0 Å². The number of unbranched alkanes of at least 4 members (excludes halogenated alkanes) is 8. The number of fused-ring (bicyclic) bond motifs is 1. The monoisotopic (exact) mass is 494 g/mol. The molecule has 1 atom stereocenters. The van der Waals surface area contributed by atoms with Crippen LogP contribution in [0.4, 0.5) is 0 Å². The highest BCUT2D eigenvalue weighted by molar-refractivity contribution is 5.91. The van der Waals surface area contributed by atoms with Crippen LogP contribution in [0.25, 0.3) is 10.9 Å². The van der Waals surface area contributed by atoms with Gasteiger partial charge in [-0.15, -0.1) is 0 Å². The molecule has 36 heavy (non-hydrogen) atoms. The van der Waals surface area contributed by atoms with Crippen molar-refractivity contribution in [2.75, 3.05) is 13.6 Å². The van der Waals surface area contributed by atoms with Crippen molar-refractivity contribution in [3.05, 3.63) is 54.3 Å². The summed E-state index contributed by atoms with van der Waals surface area (Å²) < 4.78 is 21.9. The summed E-state index contributed by atoms with van der Waals surface area (Å²) in [6.07, 6.45) is 22.3. The van der Waals surface area contributed by atoms with Crippen molar-refractivity contribution in [3.8, 4) is 5.75 Å². The number of carbonyl (C=O) groups is 1. The average molecular weight is 495 g/mol. The summed E-state index contributed by atoms with van der Waals surface area (Å²) in [5.74, 6) is 0.516. The molecule has 1 aromatic heterocycles. The largest absolute Gasteiger partial charge is 0.426 e. The van der Waals surface area contributed by atoms with Gasteiger partial charge in [0.2, 0.25) is 0 Å². The molecule has 0 saturated carbocycles. The number of rotatable bonds is 17. The number of benzene rings is 1. The molecular formula is C32H48N2O2. The van der Waals surface area contributed by atoms with E-state index >= 15 is 0 Å². The first-order valence-electron chi connectivity index (χ1n) is 15.2. The molecule has 0 radical (unpaired) electrons. The Hall–Kier alpha value is -2.33. The average Bonchev–Trinajstić information content (AvgIpc) is 3.49. The van der Waals surface area contributed by atoms with Gasteiger partial charge in [0.1, 0.15) is 5.75 Å². The minimum absolute atomic E-state index is 0.157. The Morgan fingerprint density at radius 2 is 1.83 bits per heavy atom. The smallest absolute Gasteiger partial charge is 0.311 e. The van der Waals surface area contributed by atoms with E-state index in [9.17, 15) is 4.79 Å². The van der Waals surface area contributed by atoms with E-state index in [4.69, 9.17) is 7.48 Å². The molecule has 1 saturated heterocycles. The third kappa shape index (κ3) is 9.61. The van der Waals surface area contributed by atoms with Gasteiger partial charge in [0.15, 0.2) is 0 Å². The van der Waals surface area contributed by atoms with Crippen LogP contribution in [0.2, 0.25) is 0 Å². The van der Waals surface area contributed by atoms with Crippen LogP contribution < -0.4 is 4.74 Å². The lowest BCUT2D eigenvalue weighted by atomic mass is 10.0. The van der Waals surface area contributed by atoms with Gasteiger partial charge in [-0.3, -0.25) is 4.79 Å². The standard InChI is InChI=1S/C32H48N2O2/c1-3-4-5-6-7-8-9-10-11-12-13-14-15-16-17-23-31(35)36-30-22-18-21-29-32(30)27(26-33-29)25-28-20-19-24-34(28)2/h7-8,10-11,18,21-22,26,28,33H,3-6,9,12-17,19-20,23-25H2,1-2H3/b8-7-,11-10-/t28-/m1/s1/i9D2. The van der Waals surface area contributed by atoms with E-state index in [0.29, 0.717) is 18.2 Å². The number of allylic oxidation sites excluding steroid dienone is 4. The zero-order chi connectivity index (χ0) is 27.2. The van der Waals surface area contributed by atoms with Crippen LogP contribution in [0.15, 0.2) is 48.7 Å². The molecule has 1 aromatic carbocycles. The third-order valence-electron chi connectivity index (χ3n) is 7.25. The molecule has 0 bridgehead atoms. The van der Waals surface area contributed by atoms with E-state index in [1.165, 1.54) is 31.2 Å². The summed E-state index contributed by atoms with van der Waals surface area (Å²) in [4.78, 5) is 18.4. The number of aromatic nitrogens is 1. The van der Waals surface area contributed by atoms with Crippen LogP contribution in [-0.4, -0.2) is 35.5 Å². The second-order valence-electron chi connectivity index (χ2n) is 10.2. The molecule has 0 unspecified atom stereocenters. The van der Waals surface area contributed by atoms with Gasteiger partial charge in [-0.1, -0.05) is 69.4 Å². The van der Waals surface area contributed by atoms with E-state index in [0.717, 1.165) is 75.2 Å². The van der Waals surface area contributed by atoms with Crippen molar-refractivity contribution in [1.82, 2.24) is 9.88 Å². The van der Waals surface area contributed by atoms with Gasteiger partial charge >= 0.3 is 5.97 Å². The molecule has 2 aromatic rings. The molecule has 0 spiro atoms. The highest BCUT2D eigenvalue weighted by Crippen LogP contribution is 2.32. The fourth-order valence-electron chi connectivity index (χ4n) is 5.06. The lowest BCUT2D eigenvalue weighted by Crippen LogP contribution is -2.26. The zero-order valence-electron chi connectivity index (χ0n) is 24.6. The molecule has 1 N–H and O–H groups in total. The zero-order valence-corrected chi connectivity index (χ0v) is 22.6. The Kier molecular flexibility index (Phi) is 11.6. The maximum Gasteiger partial charge on any atom is 0.311 e. The predicted molar refractivity (Wildman–Crippen MR) is 153 cm³/mol. The number of likely N-dealkylation sites (tertiary alicyclic amines) is 1. The normalized spacial score (nSPS) is 17.9. The number of H-pyrrole nitrogens is 1. The Morgan fingerprint density at radius 3 is 2.58 bits per heavy atom. The molecule has 2 heterocycles. The highest BCUT2D eigenvalue weighted by Gasteiger charge is 2.23. The fraction of sp³-hybridized carbons (Fsp3) is 0.594. The van der Waals surface area contributed by atoms with Crippen LogP contribution in [0.5, 0.6) is 5.75 Å². The van der Waals surface area contributed by atoms with Crippen molar-refractivity contribution in [3.63, 3.8) is 0 Å². The molecule has 4 heteroatoms. The van der Waals surface area contributed by atoms with Crippen LogP contribution in [0, 0.1) is 0 Å². The Labute approximate surface area is 222 Å². The number of carbonyl (C=O) groups excluding carboxylic acids is 1. The molecule has 4 nitrogen and oxygen atoms in total. The lowest BCUT2D eigenvalue weighted by Gasteiger charge is -2.19. The minimum atomic E-state index is -1.36. The summed E-state index contributed by atoms with van der Waals surface area (Å²) in [6.45, 7) is 3.33. The third-order valence-corrected chi connectivity index (χ3v) is 7.25. The van der Waals surface area contributed by atoms with Gasteiger partial charge in [-0.05, 0) is 89.0 Å². The number of nitrogens with zero attached hydrogens (tertiary/aromatic N) is 1. The van der Waals surface area contributed by atoms with Crippen molar-refractivity contribution < 1.29 is 12.3 Å². The molecule has 1 aliphatic rings. The highest BCUT2D eigenvalue weighted by atomic mass is 16.5. The number of nitrogens with one attached hydrogen (secondary N) is 1. The van der Waals surface area contributed by atoms with Crippen molar-refractivity contribution in [2.45, 2.75) is 109 Å². The summed E-state index contributed by atoms with van der Waals surface area (Å²) >= 11 is 0. The summed E-state index contributed by atoms with van der Waals surface area (Å²) in [5, 5.41) is 1.05. The van der Waals surface area contributed by atoms with Crippen molar-refractivity contribution in [2.24, 2.45) is 0 Å². The Balaban J connectivity index is 1.32. The minimum Gasteiger partial charge on any atom is -0.426 e. The van der Waals surface area contributed by atoms with Crippen molar-refractivity contribution >= 4 is 16.9 Å². The fourth-order valence-corrected chi connectivity index (χ4v) is 5.06. The first-order valence-corrected chi connectivity index (χ1v) is 14.2. The lowest BCUT2D eigenvalue weighted by molar-refractivity contribution is -0.134. The summed E-state index contributed by atoms with van der Waals surface area (Å²) in [5.41, 5.74) is 2.25. The van der Waals surface area contributed by atoms with E-state index in [1.807, 2.05) is 30.4 Å². The number of esters is 1. The van der Waals surface area contributed by atoms with E-state index in [2.05, 4.69) is 30.1 Å². The van der Waals surface area contributed by atoms with Crippen LogP contribution in [-0.2, 0) is 11.2 Å². The first kappa shape index (κ1) is 25.3. The van der Waals surface area contributed by atoms with Gasteiger partial charge in [-0.2, -0.15) is 0 Å². The van der Waals surface area contributed by atoms with Gasteiger partial charge in [0.05, 0.1) is 0 Å². The number of ether oxygens (including phenoxy) is 1. The SMILES string of the molecule is [2H]C([2H])(/C=C\CCCCC)/C=C\CCCCCCCC(=O)Oc1cccc2[nH]cc(C[C@H]3CCCN3C)c12. The van der Waals surface area contributed by atoms with Gasteiger partial charge in [0, 0.05) is 32.3 Å². The number of aromatic amines is 1. The molecule has 1 fully saturated rings. The molecule has 198 valence electrons. The van der Waals surface area contributed by atoms with Gasteiger partial charge < -0.3 is 14.6 Å². The molecular weight excluding hydrogens is 444 g/mol. The molecule has 3 rings (SSSR count). The topological polar surface area (TPSA) is 45.3 Å². The number of likely N-dealkylation sites (N-methyl/N-ethyl adjacent to an activating group) is 1. The van der Waals surface area contributed by atoms with E-state index in [1.54, 1.807) is 12.2 Å². The first-order chi connectivity index (χ1) is 18.4. The van der Waals surface area contributed by atoms with Crippen LogP contribution in [0.1, 0.15) is 105 Å². The summed E-state index contributed by atoms with van der Waals surface area (Å²) in [7, 11) is 2.19. The van der Waals surface area contributed by atoms with Gasteiger partial charge in [0.25, 0.3) is 0 Å². The molecule has 1 aliphatic heterocycles. The van der Waals surface area contributed by atoms with E-state index in [-0.39, 0.29) is 5.97 Å². The van der Waals surface area contributed by atoms with Gasteiger partial charge in [-0.25, -0.2) is 0 Å². The van der Waals surface area contributed by atoms with Crippen molar-refractivity contribution in [1.29, 1.82) is 0 Å². The second kappa shape index (κ2) is 16.4.